The fourth-order valence-corrected chi connectivity index (χ4v) is 5.48. The van der Waals surface area contributed by atoms with Crippen LogP contribution in [0.3, 0.4) is 0 Å². The highest BCUT2D eigenvalue weighted by Gasteiger charge is 2.32. The van der Waals surface area contributed by atoms with E-state index >= 15 is 0 Å². The summed E-state index contributed by atoms with van der Waals surface area (Å²) in [5, 5.41) is 2.70. The molecule has 8 heteroatoms. The van der Waals surface area contributed by atoms with Crippen molar-refractivity contribution in [3.05, 3.63) is 54.1 Å². The molecule has 0 saturated carbocycles. The number of hydrogen-bond donors (Lipinski definition) is 1. The number of thioether (sulfide) groups is 1. The van der Waals surface area contributed by atoms with Crippen LogP contribution in [0.15, 0.2) is 48.5 Å². The maximum absolute atomic E-state index is 12.3. The van der Waals surface area contributed by atoms with Gasteiger partial charge in [-0.05, 0) is 24.3 Å². The number of anilines is 1. The van der Waals surface area contributed by atoms with Crippen LogP contribution in [0.2, 0.25) is 0 Å². The fraction of sp³-hybridized carbons (Fsp3) is 0.458. The van der Waals surface area contributed by atoms with Crippen molar-refractivity contribution in [2.24, 2.45) is 0 Å². The molecule has 2 fully saturated rings. The summed E-state index contributed by atoms with van der Waals surface area (Å²) in [6.45, 7) is 6.28. The maximum Gasteiger partial charge on any atom is 0.318 e. The molecular weight excluding hydrogens is 424 g/mol. The molecule has 0 spiro atoms. The first-order valence-electron chi connectivity index (χ1n) is 11.1. The zero-order chi connectivity index (χ0) is 22.3. The third kappa shape index (κ3) is 5.24. The van der Waals surface area contributed by atoms with Crippen LogP contribution in [-0.2, 0) is 0 Å². The van der Waals surface area contributed by atoms with Crippen LogP contribution in [-0.4, -0.2) is 81.6 Å². The summed E-state index contributed by atoms with van der Waals surface area (Å²) in [6, 6.07) is 16.4. The largest absolute Gasteiger partial charge is 0.497 e. The molecule has 2 aliphatic rings. The quantitative estimate of drug-likeness (QED) is 0.690. The zero-order valence-electron chi connectivity index (χ0n) is 18.8. The monoisotopic (exact) mass is 456 g/mol. The van der Waals surface area contributed by atoms with Crippen molar-refractivity contribution in [1.29, 1.82) is 0 Å². The third-order valence-electron chi connectivity index (χ3n) is 6.01. The minimum Gasteiger partial charge on any atom is -0.497 e. The molecule has 7 nitrogen and oxygen atoms in total. The predicted molar refractivity (Wildman–Crippen MR) is 130 cm³/mol. The predicted octanol–water partition coefficient (Wildman–Crippen LogP) is 3.28. The molecule has 2 heterocycles. The molecule has 0 bridgehead atoms. The highest BCUT2D eigenvalue weighted by molar-refractivity contribution is 7.99. The summed E-state index contributed by atoms with van der Waals surface area (Å²) in [4.78, 5) is 19.0. The first-order valence-corrected chi connectivity index (χ1v) is 12.2. The number of nitrogens with zero attached hydrogens (tertiary/aromatic N) is 3. The van der Waals surface area contributed by atoms with Crippen molar-refractivity contribution >= 4 is 23.5 Å². The number of nitrogens with one attached hydrogen (secondary N) is 1. The van der Waals surface area contributed by atoms with Gasteiger partial charge in [0.2, 0.25) is 0 Å². The molecule has 2 aromatic rings. The highest BCUT2D eigenvalue weighted by atomic mass is 32.2. The summed E-state index contributed by atoms with van der Waals surface area (Å²) in [5.74, 6) is 2.46. The molecule has 4 rings (SSSR count). The Kier molecular flexibility index (Phi) is 7.65. The van der Waals surface area contributed by atoms with E-state index in [1.807, 2.05) is 23.1 Å². The Morgan fingerprint density at radius 3 is 2.59 bits per heavy atom. The Morgan fingerprint density at radius 1 is 1.09 bits per heavy atom. The van der Waals surface area contributed by atoms with Crippen LogP contribution in [0.1, 0.15) is 10.9 Å². The Balaban J connectivity index is 1.35. The maximum atomic E-state index is 12.3. The van der Waals surface area contributed by atoms with Crippen LogP contribution < -0.4 is 19.7 Å². The number of ether oxygens (including phenoxy) is 2. The molecule has 172 valence electrons. The molecule has 0 radical (unpaired) electrons. The second-order valence-corrected chi connectivity index (χ2v) is 9.08. The van der Waals surface area contributed by atoms with Gasteiger partial charge in [0, 0.05) is 69.4 Å². The number of carbonyl (C=O) groups is 1. The van der Waals surface area contributed by atoms with Crippen LogP contribution in [0.5, 0.6) is 11.5 Å². The van der Waals surface area contributed by atoms with E-state index in [-0.39, 0.29) is 11.4 Å². The van der Waals surface area contributed by atoms with Crippen molar-refractivity contribution in [1.82, 2.24) is 15.1 Å². The molecular formula is C24H32N4O3S. The summed E-state index contributed by atoms with van der Waals surface area (Å²) in [6.07, 6.45) is 0. The van der Waals surface area contributed by atoms with Gasteiger partial charge >= 0.3 is 6.03 Å². The standard InChI is InChI=1S/C24H32N4O3S/c1-25-24(29)28-15-17-32-23(28)21-9-8-20(30-2)18-22(21)31-16-14-26-10-12-27(13-11-26)19-6-4-3-5-7-19/h3-9,18,23H,10-17H2,1-2H3,(H,25,29). The van der Waals surface area contributed by atoms with E-state index in [1.165, 1.54) is 5.69 Å². The van der Waals surface area contributed by atoms with Gasteiger partial charge in [0.1, 0.15) is 23.5 Å². The van der Waals surface area contributed by atoms with Gasteiger partial charge in [-0.3, -0.25) is 4.90 Å². The lowest BCUT2D eigenvalue weighted by Crippen LogP contribution is -2.47. The Bertz CT molecular complexity index is 890. The lowest BCUT2D eigenvalue weighted by atomic mass is 10.1. The van der Waals surface area contributed by atoms with Gasteiger partial charge in [0.15, 0.2) is 0 Å². The van der Waals surface area contributed by atoms with Gasteiger partial charge in [-0.2, -0.15) is 0 Å². The molecule has 1 unspecified atom stereocenters. The van der Waals surface area contributed by atoms with Gasteiger partial charge in [-0.15, -0.1) is 11.8 Å². The topological polar surface area (TPSA) is 57.3 Å². The van der Waals surface area contributed by atoms with Crippen molar-refractivity contribution in [3.8, 4) is 11.5 Å². The molecule has 1 N–H and O–H groups in total. The second kappa shape index (κ2) is 10.8. The van der Waals surface area contributed by atoms with Crippen LogP contribution >= 0.6 is 11.8 Å². The van der Waals surface area contributed by atoms with Gasteiger partial charge < -0.3 is 24.6 Å². The number of urea groups is 1. The van der Waals surface area contributed by atoms with E-state index in [2.05, 4.69) is 45.4 Å². The molecule has 2 aromatic carbocycles. The van der Waals surface area contributed by atoms with Crippen LogP contribution in [0, 0.1) is 0 Å². The number of benzene rings is 2. The summed E-state index contributed by atoms with van der Waals surface area (Å²) < 4.78 is 11.7. The lowest BCUT2D eigenvalue weighted by molar-refractivity contribution is 0.193. The minimum atomic E-state index is -0.0574. The first-order chi connectivity index (χ1) is 15.7. The summed E-state index contributed by atoms with van der Waals surface area (Å²) in [5.41, 5.74) is 2.31. The van der Waals surface area contributed by atoms with E-state index in [4.69, 9.17) is 9.47 Å². The number of piperazine rings is 1. The average molecular weight is 457 g/mol. The fourth-order valence-electron chi connectivity index (χ4n) is 4.20. The Labute approximate surface area is 194 Å². The van der Waals surface area contributed by atoms with Crippen molar-refractivity contribution in [2.45, 2.75) is 5.37 Å². The van der Waals surface area contributed by atoms with Crippen LogP contribution in [0.4, 0.5) is 10.5 Å². The number of hydrogen-bond acceptors (Lipinski definition) is 6. The van der Waals surface area contributed by atoms with E-state index in [9.17, 15) is 4.79 Å². The zero-order valence-corrected chi connectivity index (χ0v) is 19.6. The normalized spacial score (nSPS) is 19.1. The lowest BCUT2D eigenvalue weighted by Gasteiger charge is -2.36. The van der Waals surface area contributed by atoms with Crippen LogP contribution in [0.25, 0.3) is 0 Å². The van der Waals surface area contributed by atoms with Crippen molar-refractivity contribution < 1.29 is 14.3 Å². The molecule has 2 saturated heterocycles. The van der Waals surface area contributed by atoms with Gasteiger partial charge in [0.25, 0.3) is 0 Å². The molecule has 0 aliphatic carbocycles. The summed E-state index contributed by atoms with van der Waals surface area (Å²) >= 11 is 1.76. The Hall–Kier alpha value is -2.58. The molecule has 1 atom stereocenters. The molecule has 32 heavy (non-hydrogen) atoms. The van der Waals surface area contributed by atoms with Gasteiger partial charge in [0.05, 0.1) is 7.11 Å². The van der Waals surface area contributed by atoms with Crippen molar-refractivity contribution in [3.63, 3.8) is 0 Å². The third-order valence-corrected chi connectivity index (χ3v) is 7.25. The van der Waals surface area contributed by atoms with Gasteiger partial charge in [-0.1, -0.05) is 18.2 Å². The molecule has 2 aliphatic heterocycles. The number of para-hydroxylation sites is 1. The average Bonchev–Trinajstić information content (AvgIpc) is 3.34. The number of rotatable bonds is 7. The highest BCUT2D eigenvalue weighted by Crippen LogP contribution is 2.43. The summed E-state index contributed by atoms with van der Waals surface area (Å²) in [7, 11) is 3.33. The molecule has 2 amide bonds. The smallest absolute Gasteiger partial charge is 0.318 e. The Morgan fingerprint density at radius 2 is 1.88 bits per heavy atom. The van der Waals surface area contributed by atoms with E-state index in [1.54, 1.807) is 25.9 Å². The number of amides is 2. The van der Waals surface area contributed by atoms with E-state index < -0.39 is 0 Å². The number of carbonyl (C=O) groups excluding carboxylic acids is 1. The SMILES string of the molecule is CNC(=O)N1CCSC1c1ccc(OC)cc1OCCN1CCN(c2ccccc2)CC1. The van der Waals surface area contributed by atoms with E-state index in [0.717, 1.165) is 62.1 Å². The molecule has 0 aromatic heterocycles. The van der Waals surface area contributed by atoms with E-state index in [0.29, 0.717) is 6.61 Å². The first kappa shape index (κ1) is 22.6. The van der Waals surface area contributed by atoms with Gasteiger partial charge in [-0.25, -0.2) is 4.79 Å². The number of methoxy groups -OCH3 is 1. The second-order valence-electron chi connectivity index (χ2n) is 7.89. The van der Waals surface area contributed by atoms with Crippen molar-refractivity contribution in [2.75, 3.05) is 70.7 Å². The minimum absolute atomic E-state index is 0.0507.